The summed E-state index contributed by atoms with van der Waals surface area (Å²) in [4.78, 5) is 5.56. The smallest absolute Gasteiger partial charge is 0.194 e. The summed E-state index contributed by atoms with van der Waals surface area (Å²) in [5.74, 6) is -3.70. The van der Waals surface area contributed by atoms with Gasteiger partial charge < -0.3 is 29.6 Å². The Hall–Kier alpha value is -3.52. The minimum atomic E-state index is -1.61. The van der Waals surface area contributed by atoms with Gasteiger partial charge in [-0.2, -0.15) is 0 Å². The summed E-state index contributed by atoms with van der Waals surface area (Å²) >= 11 is 0. The average Bonchev–Trinajstić information content (AvgIpc) is 3.59. The Balaban J connectivity index is 1.32. The first-order valence-electron chi connectivity index (χ1n) is 11.8. The number of aliphatic hydroxyl groups excluding tert-OH is 3. The molecule has 0 aliphatic carbocycles. The molecule has 13 heteroatoms. The van der Waals surface area contributed by atoms with Crippen LogP contribution >= 0.6 is 0 Å². The highest BCUT2D eigenvalue weighted by molar-refractivity contribution is 6.01. The maximum absolute atomic E-state index is 13.7. The minimum Gasteiger partial charge on any atom is -0.497 e. The van der Waals surface area contributed by atoms with E-state index in [9.17, 15) is 28.5 Å². The number of aromatic nitrogens is 3. The van der Waals surface area contributed by atoms with Crippen molar-refractivity contribution in [2.45, 2.75) is 49.4 Å². The average molecular weight is 534 g/mol. The fraction of sp³-hybridized carbons (Fsp3) is 0.400. The van der Waals surface area contributed by atoms with Crippen molar-refractivity contribution in [1.82, 2.24) is 15.0 Å². The van der Waals surface area contributed by atoms with Crippen LogP contribution in [-0.4, -0.2) is 80.3 Å². The van der Waals surface area contributed by atoms with E-state index in [1.54, 1.807) is 19.2 Å². The van der Waals surface area contributed by atoms with E-state index in [1.165, 1.54) is 6.20 Å². The van der Waals surface area contributed by atoms with Crippen LogP contribution in [0.25, 0.3) is 11.3 Å². The van der Waals surface area contributed by atoms with Crippen LogP contribution in [0.2, 0.25) is 0 Å². The van der Waals surface area contributed by atoms with Crippen LogP contribution in [0.4, 0.5) is 13.2 Å². The molecule has 0 radical (unpaired) electrons. The molecule has 6 atom stereocenters. The van der Waals surface area contributed by atoms with Crippen LogP contribution in [0.3, 0.4) is 0 Å². The molecular weight excluding hydrogens is 509 g/mol. The molecule has 10 nitrogen and oxygen atoms in total. The SMILES string of the molecule is COc1ccc(C2=NO[C@H](C[C@H]3O[C@H](CO)[C@H](O)[C@H](n4cc(-c5cc(F)c(F)c(F)c5)nn4)[C@H]3O)C2)cc1. The van der Waals surface area contributed by atoms with Crippen LogP contribution < -0.4 is 4.74 Å². The van der Waals surface area contributed by atoms with E-state index in [0.717, 1.165) is 22.4 Å². The van der Waals surface area contributed by atoms with Gasteiger partial charge in [-0.25, -0.2) is 17.9 Å². The van der Waals surface area contributed by atoms with Crippen LogP contribution in [-0.2, 0) is 9.57 Å². The molecule has 38 heavy (non-hydrogen) atoms. The van der Waals surface area contributed by atoms with Gasteiger partial charge >= 0.3 is 0 Å². The lowest BCUT2D eigenvalue weighted by Gasteiger charge is -2.42. The number of oxime groups is 1. The van der Waals surface area contributed by atoms with Gasteiger partial charge in [0.25, 0.3) is 0 Å². The third-order valence-corrected chi connectivity index (χ3v) is 6.74. The molecule has 1 fully saturated rings. The normalized spacial score (nSPS) is 27.2. The topological polar surface area (TPSA) is 131 Å². The predicted octanol–water partition coefficient (Wildman–Crippen LogP) is 1.98. The van der Waals surface area contributed by atoms with E-state index in [4.69, 9.17) is 14.3 Å². The Morgan fingerprint density at radius 3 is 2.37 bits per heavy atom. The van der Waals surface area contributed by atoms with Crippen molar-refractivity contribution in [3.63, 3.8) is 0 Å². The minimum absolute atomic E-state index is 0.0116. The number of ether oxygens (including phenoxy) is 2. The fourth-order valence-corrected chi connectivity index (χ4v) is 4.71. The number of benzene rings is 2. The van der Waals surface area contributed by atoms with Gasteiger partial charge in [0.2, 0.25) is 0 Å². The zero-order valence-corrected chi connectivity index (χ0v) is 20.1. The van der Waals surface area contributed by atoms with E-state index < -0.39 is 60.6 Å². The van der Waals surface area contributed by atoms with Gasteiger partial charge in [-0.15, -0.1) is 5.10 Å². The maximum Gasteiger partial charge on any atom is 0.194 e. The Bertz CT molecular complexity index is 1300. The molecule has 2 aromatic carbocycles. The van der Waals surface area contributed by atoms with Crippen molar-refractivity contribution in [3.8, 4) is 17.0 Å². The Labute approximate surface area is 214 Å². The van der Waals surface area contributed by atoms with Crippen LogP contribution in [0.1, 0.15) is 24.4 Å². The monoisotopic (exact) mass is 534 g/mol. The first-order chi connectivity index (χ1) is 18.3. The van der Waals surface area contributed by atoms with E-state index in [0.29, 0.717) is 17.9 Å². The first kappa shape index (κ1) is 26.1. The van der Waals surface area contributed by atoms with Crippen LogP contribution in [0, 0.1) is 17.5 Å². The zero-order chi connectivity index (χ0) is 27.0. The van der Waals surface area contributed by atoms with E-state index in [2.05, 4.69) is 15.5 Å². The van der Waals surface area contributed by atoms with Crippen molar-refractivity contribution in [3.05, 3.63) is 65.6 Å². The highest BCUT2D eigenvalue weighted by Gasteiger charge is 2.47. The molecule has 1 aromatic heterocycles. The Kier molecular flexibility index (Phi) is 7.34. The zero-order valence-electron chi connectivity index (χ0n) is 20.1. The molecular formula is C25H25F3N4O6. The molecule has 0 spiro atoms. The third-order valence-electron chi connectivity index (χ3n) is 6.74. The van der Waals surface area contributed by atoms with Gasteiger partial charge in [0, 0.05) is 18.4 Å². The van der Waals surface area contributed by atoms with Gasteiger partial charge in [0.05, 0.1) is 31.7 Å². The summed E-state index contributed by atoms with van der Waals surface area (Å²) in [6, 6.07) is 7.72. The number of halogens is 3. The number of methoxy groups -OCH3 is 1. The molecule has 2 aliphatic rings. The van der Waals surface area contributed by atoms with E-state index in [1.807, 2.05) is 12.1 Å². The summed E-state index contributed by atoms with van der Waals surface area (Å²) in [5.41, 5.74) is 1.46. The molecule has 0 amide bonds. The van der Waals surface area contributed by atoms with Gasteiger partial charge in [0.1, 0.15) is 41.9 Å². The molecule has 5 rings (SSSR count). The highest BCUT2D eigenvalue weighted by Crippen LogP contribution is 2.34. The first-order valence-corrected chi connectivity index (χ1v) is 11.8. The highest BCUT2D eigenvalue weighted by atomic mass is 19.2. The summed E-state index contributed by atoms with van der Waals surface area (Å²) in [6.45, 7) is -0.546. The fourth-order valence-electron chi connectivity index (χ4n) is 4.71. The number of hydrogen-bond donors (Lipinski definition) is 3. The summed E-state index contributed by atoms with van der Waals surface area (Å²) in [5, 5.41) is 43.7. The van der Waals surface area contributed by atoms with Gasteiger partial charge in [-0.05, 0) is 42.0 Å². The molecule has 0 saturated carbocycles. The molecule has 2 aliphatic heterocycles. The lowest BCUT2D eigenvalue weighted by atomic mass is 9.89. The molecule has 202 valence electrons. The van der Waals surface area contributed by atoms with Crippen LogP contribution in [0.15, 0.2) is 47.8 Å². The molecule has 3 heterocycles. The van der Waals surface area contributed by atoms with Crippen molar-refractivity contribution in [2.24, 2.45) is 5.16 Å². The van der Waals surface area contributed by atoms with Gasteiger partial charge in [0.15, 0.2) is 17.5 Å². The standard InChI is InChI=1S/C25H25F3N4O6/c1-36-14-4-2-12(3-5-14)18-8-15(38-30-18)9-20-24(34)23(25(35)21(11-33)37-20)32-10-19(29-31-32)13-6-16(26)22(28)17(27)7-13/h2-7,10,15,20-21,23-25,33-35H,8-9,11H2,1H3/t15-,20+,21+,23+,24-,25-/m0/s1. The number of rotatable bonds is 7. The van der Waals surface area contributed by atoms with Crippen molar-refractivity contribution in [1.29, 1.82) is 0 Å². The van der Waals surface area contributed by atoms with Crippen LogP contribution in [0.5, 0.6) is 5.75 Å². The second-order valence-electron chi connectivity index (χ2n) is 9.14. The quantitative estimate of drug-likeness (QED) is 0.392. The summed E-state index contributed by atoms with van der Waals surface area (Å²) in [7, 11) is 1.57. The lowest BCUT2D eigenvalue weighted by molar-refractivity contribution is -0.212. The second kappa shape index (κ2) is 10.7. The Morgan fingerprint density at radius 1 is 1.03 bits per heavy atom. The number of nitrogens with zero attached hydrogens (tertiary/aromatic N) is 4. The molecule has 3 aromatic rings. The van der Waals surface area contributed by atoms with E-state index in [-0.39, 0.29) is 17.7 Å². The van der Waals surface area contributed by atoms with E-state index >= 15 is 0 Å². The van der Waals surface area contributed by atoms with Gasteiger partial charge in [-0.3, -0.25) is 0 Å². The van der Waals surface area contributed by atoms with Gasteiger partial charge in [-0.1, -0.05) is 10.4 Å². The maximum atomic E-state index is 13.7. The second-order valence-corrected chi connectivity index (χ2v) is 9.14. The Morgan fingerprint density at radius 2 is 1.71 bits per heavy atom. The third kappa shape index (κ3) is 4.97. The molecule has 3 N–H and O–H groups in total. The molecule has 0 bridgehead atoms. The van der Waals surface area contributed by atoms with Crippen molar-refractivity contribution < 1.29 is 42.8 Å². The van der Waals surface area contributed by atoms with Crippen molar-refractivity contribution >= 4 is 5.71 Å². The summed E-state index contributed by atoms with van der Waals surface area (Å²) in [6.07, 6.45) is -3.23. The molecule has 0 unspecified atom stereocenters. The lowest BCUT2D eigenvalue weighted by Crippen LogP contribution is -2.56. The predicted molar refractivity (Wildman–Crippen MR) is 126 cm³/mol. The number of hydrogen-bond acceptors (Lipinski definition) is 9. The largest absolute Gasteiger partial charge is 0.497 e. The van der Waals surface area contributed by atoms with Crippen molar-refractivity contribution in [2.75, 3.05) is 13.7 Å². The number of aliphatic hydroxyl groups is 3. The summed E-state index contributed by atoms with van der Waals surface area (Å²) < 4.78 is 52.8. The molecule has 1 saturated heterocycles.